The number of anilines is 11. The van der Waals surface area contributed by atoms with Gasteiger partial charge in [-0.1, -0.05) is 78.6 Å². The first kappa shape index (κ1) is 113. The minimum absolute atomic E-state index is 0.00896. The lowest BCUT2D eigenvalue weighted by Gasteiger charge is -2.16. The summed E-state index contributed by atoms with van der Waals surface area (Å²) in [5, 5.41) is 30.2. The van der Waals surface area contributed by atoms with E-state index in [1.54, 1.807) is 113 Å². The van der Waals surface area contributed by atoms with E-state index >= 15 is 0 Å². The number of carboxylic acids is 1. The number of hydrogen-bond acceptors (Lipinski definition) is 29. The highest BCUT2D eigenvalue weighted by Gasteiger charge is 2.32. The van der Waals surface area contributed by atoms with E-state index in [1.807, 2.05) is 79.5 Å². The van der Waals surface area contributed by atoms with Gasteiger partial charge in [0.2, 0.25) is 17.7 Å². The number of nitrogens with zero attached hydrogens (tertiary/aromatic N) is 20. The van der Waals surface area contributed by atoms with Crippen molar-refractivity contribution in [2.75, 3.05) is 64.1 Å². The van der Waals surface area contributed by atoms with Crippen LogP contribution in [0.1, 0.15) is 62.3 Å². The van der Waals surface area contributed by atoms with Crippen LogP contribution in [-0.2, 0) is 65.0 Å². The molecular formula is C104H127BrF4N28O9Si4. The molecule has 0 spiro atoms. The number of carbonyl (C=O) groups is 4. The van der Waals surface area contributed by atoms with E-state index in [2.05, 4.69) is 172 Å². The van der Waals surface area contributed by atoms with Gasteiger partial charge in [0.1, 0.15) is 141 Å². The standard InChI is InChI=1S/C27H32FN7O2Si.C25H30FN7O2Si.C23H26BrFN6OSi.C23H28FN7OSi.C4H6O2.C2H5NO/c1-17-21(28)7-8-22(30-17)25-33-24(31-19-9-11-29-23(15-19)32-27(36)18-5-6-18)20-10-12-35(26(20)34-25)16-37-13-14-38(2,3)4;1-16-20(26)6-7-21(28-16)24-31-23(30-18-8-10-27-22(14-18)29-17(2)34)19-9-11-33(25(19)32-24)15-35-12-13-36(3,4)5;1-15-18(25)5-6-19(27-15)22-29-21(28-16-7-9-26-20(24)13-16)17-8-10-31(23(17)30-22)14-32-11-12-33(2,3)4;1-15-18(24)5-6-19(27-15)22-29-21(28-16-7-9-26-20(25)13-16)17-8-10-31(23(17)30-22)14-32-11-12-33(2,3)4;5-4(6)3-1-2-3;1-2(3)4/h7-12,15,18H,5-6,13-14,16H2,1-4H3,(H2,29,31,32,33,34,36);6-11,14H,12-13,15H2,1-5H3,(H2,27,29,30,31,32,34);5-10,13H,11-12,14H2,1-4H3,(H,26,28,29,30);5-10,13H,11-12,14H2,1-4H3,(H3,25,26,28,29,30);3H,1-2H2,(H,5,6);1H3,(H2,3,4). The maximum absolute atomic E-state index is 13.9. The highest BCUT2D eigenvalue weighted by molar-refractivity contribution is 9.10. The Bertz CT molecular complexity index is 7280. The largest absolute Gasteiger partial charge is 0.481 e. The molecule has 11 N–H and O–H groups in total. The van der Waals surface area contributed by atoms with E-state index in [9.17, 15) is 36.7 Å². The molecule has 16 aromatic heterocycles. The summed E-state index contributed by atoms with van der Waals surface area (Å²) in [5.74, 6) is 2.51. The number of aromatic nitrogens is 20. The molecule has 16 aromatic rings. The molecule has 46 heteroatoms. The number of aryl methyl sites for hydroxylation is 4. The normalized spacial score (nSPS) is 12.4. The summed E-state index contributed by atoms with van der Waals surface area (Å²) < 4.78 is 87.7. The monoisotopic (exact) mass is 2180 g/mol. The quantitative estimate of drug-likeness (QED) is 0.00762. The molecule has 37 nitrogen and oxygen atoms in total. The summed E-state index contributed by atoms with van der Waals surface area (Å²) >= 11 is 3.40. The number of carboxylic acid groups (broad SMARTS) is 1. The van der Waals surface area contributed by atoms with Gasteiger partial charge >= 0.3 is 5.97 Å². The molecule has 150 heavy (non-hydrogen) atoms. The molecule has 0 saturated heterocycles. The number of hydrogen-bond donors (Lipinski definition) is 9. The maximum atomic E-state index is 13.9. The van der Waals surface area contributed by atoms with Crippen LogP contribution in [0.15, 0.2) is 176 Å². The van der Waals surface area contributed by atoms with Crippen molar-refractivity contribution in [1.82, 2.24) is 98.0 Å². The third-order valence-electron chi connectivity index (χ3n) is 22.9. The van der Waals surface area contributed by atoms with E-state index in [1.165, 1.54) is 38.1 Å². The number of nitrogens with two attached hydrogens (primary N) is 2. The highest BCUT2D eigenvalue weighted by Crippen LogP contribution is 2.37. The maximum Gasteiger partial charge on any atom is 0.306 e. The Morgan fingerprint density at radius 2 is 0.653 bits per heavy atom. The SMILES string of the molecule is CC(=O)Nc1cc(Nc2nc(-c3ccc(F)c(C)n3)nc3c2ccn3COCC[Si](C)(C)C)ccn1.CC(N)=O.Cc1nc(-c2nc(Nc3ccnc(Br)c3)c3ccn(COCC[Si](C)(C)C)c3n2)ccc1F.Cc1nc(-c2nc(Nc3ccnc(N)c3)c3ccn(COCC[Si](C)(C)C)c3n2)ccc1F.Cc1nc(-c2nc(Nc3ccnc(NC(=O)C4CC4)c3)c3ccn(COCC[Si](C)(C)C)c3n2)ccc1F.O=C(O)C1CC1. The zero-order valence-corrected chi connectivity index (χ0v) is 92.9. The molecule has 2 saturated carbocycles. The van der Waals surface area contributed by atoms with Crippen LogP contribution in [-0.4, -0.2) is 186 Å². The average Bonchev–Trinajstić information content (AvgIpc) is 1.62. The second-order valence-corrected chi connectivity index (χ2v) is 64.3. The van der Waals surface area contributed by atoms with Crippen LogP contribution in [0.2, 0.25) is 103 Å². The fourth-order valence-corrected chi connectivity index (χ4v) is 17.5. The summed E-state index contributed by atoms with van der Waals surface area (Å²) in [5.41, 5.74) is 19.1. The first-order valence-corrected chi connectivity index (χ1v) is 64.5. The Hall–Kier alpha value is -14.5. The second kappa shape index (κ2) is 50.7. The lowest BCUT2D eigenvalue weighted by Crippen LogP contribution is -2.22. The van der Waals surface area contributed by atoms with Crippen molar-refractivity contribution in [3.63, 3.8) is 0 Å². The van der Waals surface area contributed by atoms with Crippen molar-refractivity contribution in [2.24, 2.45) is 17.6 Å². The third kappa shape index (κ3) is 33.7. The summed E-state index contributed by atoms with van der Waals surface area (Å²) in [7, 11) is -4.76. The highest BCUT2D eigenvalue weighted by atomic mass is 79.9. The van der Waals surface area contributed by atoms with Gasteiger partial charge < -0.3 is 85.7 Å². The Labute approximate surface area is 879 Å². The molecule has 0 radical (unpaired) electrons. The fourth-order valence-electron chi connectivity index (χ4n) is 14.1. The molecule has 788 valence electrons. The summed E-state index contributed by atoms with van der Waals surface area (Å²) in [6.07, 6.45) is 17.9. The van der Waals surface area contributed by atoms with Crippen LogP contribution in [0, 0.1) is 62.8 Å². The number of nitrogen functional groups attached to an aromatic ring is 1. The zero-order valence-electron chi connectivity index (χ0n) is 87.3. The lowest BCUT2D eigenvalue weighted by molar-refractivity contribution is -0.138. The molecule has 3 amide bonds. The number of ether oxygens (including phenoxy) is 4. The van der Waals surface area contributed by atoms with E-state index in [0.29, 0.717) is 184 Å². The number of primary amides is 1. The number of amides is 3. The lowest BCUT2D eigenvalue weighted by atomic mass is 10.2. The number of fused-ring (bicyclic) bond motifs is 4. The Morgan fingerprint density at radius 3 is 0.907 bits per heavy atom. The smallest absolute Gasteiger partial charge is 0.306 e. The van der Waals surface area contributed by atoms with Crippen LogP contribution in [0.25, 0.3) is 90.2 Å². The minimum Gasteiger partial charge on any atom is -0.481 e. The van der Waals surface area contributed by atoms with E-state index in [-0.39, 0.29) is 69.9 Å². The third-order valence-corrected chi connectivity index (χ3v) is 30.1. The van der Waals surface area contributed by atoms with Gasteiger partial charge in [0.25, 0.3) is 0 Å². The van der Waals surface area contributed by atoms with Crippen molar-refractivity contribution in [3.05, 3.63) is 222 Å². The van der Waals surface area contributed by atoms with E-state index in [0.717, 1.165) is 82.8 Å². The first-order chi connectivity index (χ1) is 71.2. The molecule has 0 atom stereocenters. The second-order valence-electron chi connectivity index (χ2n) is 41.0. The van der Waals surface area contributed by atoms with Crippen molar-refractivity contribution < 1.29 is 60.8 Å². The van der Waals surface area contributed by atoms with Crippen molar-refractivity contribution in [2.45, 2.75) is 197 Å². The molecule has 0 aliphatic heterocycles. The summed E-state index contributed by atoms with van der Waals surface area (Å²) in [6, 6.07) is 38.2. The van der Waals surface area contributed by atoms with Crippen LogP contribution in [0.3, 0.4) is 0 Å². The molecule has 0 aromatic carbocycles. The Morgan fingerprint density at radius 1 is 0.380 bits per heavy atom. The van der Waals surface area contributed by atoms with Crippen LogP contribution >= 0.6 is 15.9 Å². The predicted octanol–water partition coefficient (Wildman–Crippen LogP) is 22.2. The van der Waals surface area contributed by atoms with E-state index in [4.69, 9.17) is 69.7 Å². The van der Waals surface area contributed by atoms with E-state index < -0.39 is 38.3 Å². The van der Waals surface area contributed by atoms with Gasteiger partial charge in [-0.15, -0.1) is 0 Å². The molecule has 2 aliphatic rings. The summed E-state index contributed by atoms with van der Waals surface area (Å²) in [4.78, 5) is 115. The number of nitrogens with one attached hydrogen (secondary N) is 6. The number of halogens is 5. The van der Waals surface area contributed by atoms with Gasteiger partial charge in [-0.05, 0) is 197 Å². The molecule has 2 aliphatic carbocycles. The minimum atomic E-state index is -1.21. The number of pyridine rings is 8. The van der Waals surface area contributed by atoms with Crippen LogP contribution in [0.5, 0.6) is 0 Å². The molecule has 0 bridgehead atoms. The van der Waals surface area contributed by atoms with Crippen LogP contribution < -0.4 is 43.4 Å². The van der Waals surface area contributed by atoms with Crippen LogP contribution in [0.4, 0.5) is 81.0 Å². The van der Waals surface area contributed by atoms with Crippen molar-refractivity contribution in [1.29, 1.82) is 0 Å². The van der Waals surface area contributed by atoms with Crippen molar-refractivity contribution in [3.8, 4) is 46.1 Å². The predicted molar refractivity (Wildman–Crippen MR) is 591 cm³/mol. The molecule has 18 rings (SSSR count). The topological polar surface area (TPSA) is 476 Å². The molecule has 0 unspecified atom stereocenters. The summed E-state index contributed by atoms with van der Waals surface area (Å²) in [6.45, 7) is 41.3. The molecule has 2 fully saturated rings. The fraction of sp³-hybridized carbons (Fsp3) is 0.346. The number of aliphatic carboxylic acids is 1. The Balaban J connectivity index is 0.000000161. The number of rotatable bonds is 36. The van der Waals surface area contributed by atoms with Crippen molar-refractivity contribution >= 4 is 180 Å². The van der Waals surface area contributed by atoms with Gasteiger partial charge in [-0.3, -0.25) is 19.2 Å². The Kier molecular flexibility index (Phi) is 38.0. The van der Waals surface area contributed by atoms with Gasteiger partial charge in [0.05, 0.1) is 50.2 Å². The van der Waals surface area contributed by atoms with Gasteiger partial charge in [-0.25, -0.2) is 97.3 Å². The zero-order chi connectivity index (χ0) is 108. The molecule has 16 heterocycles. The first-order valence-electron chi connectivity index (χ1n) is 48.9. The van der Waals surface area contributed by atoms with Gasteiger partial charge in [0.15, 0.2) is 23.3 Å². The average molecular weight is 2180 g/mol. The number of carbonyl (C=O) groups excluding carboxylic acids is 3. The van der Waals surface area contributed by atoms with Gasteiger partial charge in [-0.2, -0.15) is 0 Å². The molecular weight excluding hydrogens is 2050 g/mol. The van der Waals surface area contributed by atoms with Gasteiger partial charge in [0, 0.05) is 169 Å².